The van der Waals surface area contributed by atoms with Gasteiger partial charge in [0.1, 0.15) is 0 Å². The minimum atomic E-state index is -0.957. The van der Waals surface area contributed by atoms with Gasteiger partial charge in [-0.2, -0.15) is 0 Å². The van der Waals surface area contributed by atoms with Gasteiger partial charge in [-0.15, -0.1) is 0 Å². The number of methoxy groups -OCH3 is 1. The Hall–Kier alpha value is -0.650. The quantitative estimate of drug-likeness (QED) is 0.857. The number of hydrogen-bond donors (Lipinski definition) is 1. The summed E-state index contributed by atoms with van der Waals surface area (Å²) in [6.45, 7) is 3.85. The van der Waals surface area contributed by atoms with Crippen LogP contribution in [0.1, 0.15) is 25.7 Å². The van der Waals surface area contributed by atoms with Crippen molar-refractivity contribution in [1.29, 1.82) is 0 Å². The van der Waals surface area contributed by atoms with E-state index in [4.69, 9.17) is 9.47 Å². The van der Waals surface area contributed by atoms with Gasteiger partial charge in [-0.3, -0.25) is 0 Å². The van der Waals surface area contributed by atoms with Crippen molar-refractivity contribution in [3.63, 3.8) is 0 Å². The highest BCUT2D eigenvalue weighted by Gasteiger charge is 2.11. The molecule has 1 aromatic heterocycles. The monoisotopic (exact) mass is 275 g/mol. The Labute approximate surface area is 97.4 Å². The fourth-order valence-corrected chi connectivity index (χ4v) is 1.48. The first-order valence-electron chi connectivity index (χ1n) is 4.57. The molecule has 5 heteroatoms. The summed E-state index contributed by atoms with van der Waals surface area (Å²) >= 11 is 3.32. The molecule has 0 spiro atoms. The molecule has 0 aliphatic heterocycles. The lowest BCUT2D eigenvalue weighted by atomic mass is 10.3. The number of halogens is 1. The Morgan fingerprint density at radius 1 is 1.47 bits per heavy atom. The third-order valence-electron chi connectivity index (χ3n) is 1.68. The highest BCUT2D eigenvalue weighted by Crippen LogP contribution is 2.26. The topological polar surface area (TPSA) is 51.6 Å². The summed E-state index contributed by atoms with van der Waals surface area (Å²) in [5.74, 6) is 0.511. The minimum absolute atomic E-state index is 0.0620. The van der Waals surface area contributed by atoms with E-state index >= 15 is 0 Å². The summed E-state index contributed by atoms with van der Waals surface area (Å²) in [6, 6.07) is 1.72. The van der Waals surface area contributed by atoms with Gasteiger partial charge in [0.15, 0.2) is 6.29 Å². The lowest BCUT2D eigenvalue weighted by molar-refractivity contribution is -0.0772. The van der Waals surface area contributed by atoms with Crippen molar-refractivity contribution in [3.05, 3.63) is 22.3 Å². The average molecular weight is 276 g/mol. The molecule has 0 saturated carbocycles. The van der Waals surface area contributed by atoms with Crippen molar-refractivity contribution in [2.24, 2.45) is 0 Å². The van der Waals surface area contributed by atoms with E-state index in [1.165, 1.54) is 13.3 Å². The van der Waals surface area contributed by atoms with Crippen LogP contribution in [0.2, 0.25) is 0 Å². The number of hydrogen-bond acceptors (Lipinski definition) is 4. The van der Waals surface area contributed by atoms with Crippen LogP contribution in [0.3, 0.4) is 0 Å². The first-order valence-corrected chi connectivity index (χ1v) is 5.37. The number of pyridine rings is 1. The maximum Gasteiger partial charge on any atom is 0.228 e. The summed E-state index contributed by atoms with van der Waals surface area (Å²) in [4.78, 5) is 4.08. The molecule has 84 valence electrons. The third kappa shape index (κ3) is 3.44. The summed E-state index contributed by atoms with van der Waals surface area (Å²) in [6.07, 6.45) is 0.630. The van der Waals surface area contributed by atoms with Crippen LogP contribution < -0.4 is 4.74 Å². The van der Waals surface area contributed by atoms with Crippen molar-refractivity contribution >= 4 is 15.9 Å². The molecule has 0 aliphatic rings. The van der Waals surface area contributed by atoms with Crippen LogP contribution in [0.4, 0.5) is 0 Å². The Balaban J connectivity index is 2.88. The lowest BCUT2D eigenvalue weighted by Gasteiger charge is -2.13. The normalized spacial score (nSPS) is 12.9. The van der Waals surface area contributed by atoms with E-state index in [1.54, 1.807) is 6.07 Å². The first kappa shape index (κ1) is 12.4. The molecule has 0 amide bonds. The molecule has 1 N–H and O–H groups in total. The van der Waals surface area contributed by atoms with Crippen LogP contribution in [-0.2, 0) is 4.74 Å². The van der Waals surface area contributed by atoms with Gasteiger partial charge in [0.2, 0.25) is 5.88 Å². The second kappa shape index (κ2) is 5.44. The Bertz CT molecular complexity index is 330. The van der Waals surface area contributed by atoms with E-state index in [0.717, 1.165) is 0 Å². The molecule has 4 nitrogen and oxygen atoms in total. The van der Waals surface area contributed by atoms with E-state index < -0.39 is 6.29 Å². The second-order valence-electron chi connectivity index (χ2n) is 3.31. The van der Waals surface area contributed by atoms with Gasteiger partial charge in [0.05, 0.1) is 10.6 Å². The second-order valence-corrected chi connectivity index (χ2v) is 4.16. The summed E-state index contributed by atoms with van der Waals surface area (Å²) in [5.41, 5.74) is 0.584. The minimum Gasteiger partial charge on any atom is -0.474 e. The molecule has 0 aromatic carbocycles. The maximum atomic E-state index is 9.40. The summed E-state index contributed by atoms with van der Waals surface area (Å²) < 4.78 is 10.9. The Kier molecular flexibility index (Phi) is 4.50. The first-order chi connectivity index (χ1) is 7.04. The smallest absolute Gasteiger partial charge is 0.228 e. The van der Waals surface area contributed by atoms with Crippen LogP contribution in [0, 0.1) is 0 Å². The molecule has 1 aromatic rings. The zero-order chi connectivity index (χ0) is 11.4. The van der Waals surface area contributed by atoms with Gasteiger partial charge >= 0.3 is 0 Å². The van der Waals surface area contributed by atoms with Gasteiger partial charge in [-0.25, -0.2) is 4.98 Å². The van der Waals surface area contributed by atoms with Crippen molar-refractivity contribution in [1.82, 2.24) is 4.98 Å². The fraction of sp³-hybridized carbons (Fsp3) is 0.500. The molecule has 0 aliphatic carbocycles. The molecular weight excluding hydrogens is 262 g/mol. The third-order valence-corrected chi connectivity index (χ3v) is 2.25. The largest absolute Gasteiger partial charge is 0.474 e. The van der Waals surface area contributed by atoms with Crippen LogP contribution in [0.5, 0.6) is 5.88 Å². The molecule has 1 atom stereocenters. The molecule has 15 heavy (non-hydrogen) atoms. The number of aromatic nitrogens is 1. The molecule has 1 heterocycles. The molecule has 0 radical (unpaired) electrons. The number of ether oxygens (including phenoxy) is 2. The molecule has 0 saturated heterocycles. The lowest BCUT2D eigenvalue weighted by Crippen LogP contribution is -2.08. The predicted molar refractivity (Wildman–Crippen MR) is 59.7 cm³/mol. The van der Waals surface area contributed by atoms with Crippen LogP contribution in [-0.4, -0.2) is 23.3 Å². The van der Waals surface area contributed by atoms with Crippen LogP contribution >= 0.6 is 15.9 Å². The van der Waals surface area contributed by atoms with E-state index in [9.17, 15) is 5.11 Å². The number of aliphatic hydroxyl groups is 1. The SMILES string of the molecule is COC(O)c1cnc(OC(C)C)c(Br)c1. The average Bonchev–Trinajstić information content (AvgIpc) is 2.19. The summed E-state index contributed by atoms with van der Waals surface area (Å²) in [5, 5.41) is 9.40. The van der Waals surface area contributed by atoms with Crippen LogP contribution in [0.15, 0.2) is 16.7 Å². The molecule has 0 bridgehead atoms. The van der Waals surface area contributed by atoms with Gasteiger partial charge in [-0.05, 0) is 35.8 Å². The van der Waals surface area contributed by atoms with Crippen molar-refractivity contribution in [2.75, 3.05) is 7.11 Å². The van der Waals surface area contributed by atoms with Gasteiger partial charge in [0, 0.05) is 18.9 Å². The number of nitrogens with zero attached hydrogens (tertiary/aromatic N) is 1. The van der Waals surface area contributed by atoms with Gasteiger partial charge < -0.3 is 14.6 Å². The highest BCUT2D eigenvalue weighted by atomic mass is 79.9. The van der Waals surface area contributed by atoms with Crippen molar-refractivity contribution in [2.45, 2.75) is 26.2 Å². The molecule has 1 unspecified atom stereocenters. The Morgan fingerprint density at radius 3 is 2.60 bits per heavy atom. The Morgan fingerprint density at radius 2 is 2.13 bits per heavy atom. The molecule has 0 fully saturated rings. The standard InChI is InChI=1S/C10H14BrNO3/c1-6(2)15-9-8(11)4-7(5-12-9)10(13)14-3/h4-6,10,13H,1-3H3. The predicted octanol–water partition coefficient (Wildman–Crippen LogP) is 2.27. The van der Waals surface area contributed by atoms with Crippen molar-refractivity contribution in [3.8, 4) is 5.88 Å². The molecular formula is C10H14BrNO3. The highest BCUT2D eigenvalue weighted by molar-refractivity contribution is 9.10. The number of aliphatic hydroxyl groups excluding tert-OH is 1. The summed E-state index contributed by atoms with van der Waals surface area (Å²) in [7, 11) is 1.43. The van der Waals surface area contributed by atoms with E-state index in [-0.39, 0.29) is 6.10 Å². The maximum absolute atomic E-state index is 9.40. The van der Waals surface area contributed by atoms with Crippen molar-refractivity contribution < 1.29 is 14.6 Å². The number of rotatable bonds is 4. The zero-order valence-electron chi connectivity index (χ0n) is 8.90. The van der Waals surface area contributed by atoms with E-state index in [2.05, 4.69) is 20.9 Å². The van der Waals surface area contributed by atoms with Crippen LogP contribution in [0.25, 0.3) is 0 Å². The zero-order valence-corrected chi connectivity index (χ0v) is 10.5. The molecule has 1 rings (SSSR count). The fourth-order valence-electron chi connectivity index (χ4n) is 1.02. The van der Waals surface area contributed by atoms with E-state index in [1.807, 2.05) is 13.8 Å². The van der Waals surface area contributed by atoms with E-state index in [0.29, 0.717) is 15.9 Å². The van der Waals surface area contributed by atoms with Gasteiger partial charge in [-0.1, -0.05) is 0 Å². The van der Waals surface area contributed by atoms with Gasteiger partial charge in [0.25, 0.3) is 0 Å².